The molecule has 0 spiro atoms. The molecule has 0 aromatic carbocycles. The van der Waals surface area contributed by atoms with E-state index in [0.29, 0.717) is 0 Å². The quantitative estimate of drug-likeness (QED) is 0.570. The van der Waals surface area contributed by atoms with Crippen LogP contribution in [0.3, 0.4) is 0 Å². The molecule has 0 unspecified atom stereocenters. The average Bonchev–Trinajstić information content (AvgIpc) is 2.17. The van der Waals surface area contributed by atoms with E-state index in [1.165, 1.54) is 26.1 Å². The molecule has 1 aliphatic rings. The molecular formula is C7H16N2. The number of hydrogen-bond acceptors (Lipinski definition) is 2. The molecule has 0 amide bonds. The minimum Gasteiger partial charge on any atom is -0.319 e. The number of likely N-dealkylation sites (tertiary alicyclic amines) is 1. The van der Waals surface area contributed by atoms with Crippen LogP contribution in [0.4, 0.5) is 0 Å². The highest BCUT2D eigenvalue weighted by atomic mass is 15.1. The smallest absolute Gasteiger partial charge is 0.00192 e. The van der Waals surface area contributed by atoms with Crippen molar-refractivity contribution in [2.24, 2.45) is 5.92 Å². The first-order valence-corrected chi connectivity index (χ1v) is 3.66. The highest BCUT2D eigenvalue weighted by Crippen LogP contribution is 2.12. The van der Waals surface area contributed by atoms with Gasteiger partial charge in [0.2, 0.25) is 0 Å². The molecule has 1 atom stereocenters. The summed E-state index contributed by atoms with van der Waals surface area (Å²) in [6, 6.07) is 0. The molecule has 1 fully saturated rings. The van der Waals surface area contributed by atoms with Crippen molar-refractivity contribution in [3.63, 3.8) is 0 Å². The molecule has 1 aliphatic heterocycles. The SMILES string of the molecule is CNC[C@@H]1CCN(C)C1. The average molecular weight is 128 g/mol. The number of rotatable bonds is 2. The van der Waals surface area contributed by atoms with Crippen LogP contribution in [0, 0.1) is 5.92 Å². The minimum atomic E-state index is 0.903. The summed E-state index contributed by atoms with van der Waals surface area (Å²) in [5.41, 5.74) is 0. The van der Waals surface area contributed by atoms with Gasteiger partial charge in [-0.15, -0.1) is 0 Å². The van der Waals surface area contributed by atoms with E-state index in [1.54, 1.807) is 0 Å². The molecule has 0 aromatic rings. The summed E-state index contributed by atoms with van der Waals surface area (Å²) in [5, 5.41) is 3.20. The second-order valence-corrected chi connectivity index (χ2v) is 2.97. The topological polar surface area (TPSA) is 15.3 Å². The van der Waals surface area contributed by atoms with Crippen molar-refractivity contribution < 1.29 is 0 Å². The molecule has 0 aromatic heterocycles. The lowest BCUT2D eigenvalue weighted by atomic mass is 10.1. The Morgan fingerprint density at radius 1 is 1.67 bits per heavy atom. The zero-order valence-electron chi connectivity index (χ0n) is 6.35. The standard InChI is InChI=1S/C7H16N2/c1-8-5-7-3-4-9(2)6-7/h7-8H,3-6H2,1-2H3/t7-/m0/s1. The first kappa shape index (κ1) is 7.03. The number of nitrogens with one attached hydrogen (secondary N) is 1. The fourth-order valence-electron chi connectivity index (χ4n) is 1.48. The van der Waals surface area contributed by atoms with E-state index in [0.717, 1.165) is 5.92 Å². The summed E-state index contributed by atoms with van der Waals surface area (Å²) >= 11 is 0. The fourth-order valence-corrected chi connectivity index (χ4v) is 1.48. The minimum absolute atomic E-state index is 0.903. The van der Waals surface area contributed by atoms with E-state index in [2.05, 4.69) is 17.3 Å². The van der Waals surface area contributed by atoms with Crippen LogP contribution in [-0.4, -0.2) is 38.6 Å². The van der Waals surface area contributed by atoms with Gasteiger partial charge in [-0.25, -0.2) is 0 Å². The first-order valence-electron chi connectivity index (χ1n) is 3.66. The Morgan fingerprint density at radius 2 is 2.44 bits per heavy atom. The highest BCUT2D eigenvalue weighted by molar-refractivity contribution is 4.73. The zero-order chi connectivity index (χ0) is 6.69. The van der Waals surface area contributed by atoms with Crippen LogP contribution in [0.5, 0.6) is 0 Å². The van der Waals surface area contributed by atoms with Crippen LogP contribution in [0.2, 0.25) is 0 Å². The molecule has 9 heavy (non-hydrogen) atoms. The van der Waals surface area contributed by atoms with E-state index < -0.39 is 0 Å². The summed E-state index contributed by atoms with van der Waals surface area (Å²) < 4.78 is 0. The summed E-state index contributed by atoms with van der Waals surface area (Å²) in [5.74, 6) is 0.903. The van der Waals surface area contributed by atoms with E-state index in [-0.39, 0.29) is 0 Å². The Balaban J connectivity index is 2.14. The Morgan fingerprint density at radius 3 is 2.89 bits per heavy atom. The Kier molecular flexibility index (Phi) is 2.49. The maximum Gasteiger partial charge on any atom is 0.00192 e. The van der Waals surface area contributed by atoms with Gasteiger partial charge in [0.15, 0.2) is 0 Å². The molecule has 0 bridgehead atoms. The van der Waals surface area contributed by atoms with Crippen molar-refractivity contribution in [2.75, 3.05) is 33.7 Å². The molecule has 1 saturated heterocycles. The van der Waals surface area contributed by atoms with Crippen LogP contribution in [0.15, 0.2) is 0 Å². The van der Waals surface area contributed by atoms with Crippen molar-refractivity contribution >= 4 is 0 Å². The van der Waals surface area contributed by atoms with E-state index in [1.807, 2.05) is 7.05 Å². The molecule has 0 saturated carbocycles. The van der Waals surface area contributed by atoms with Gasteiger partial charge in [0.25, 0.3) is 0 Å². The third kappa shape index (κ3) is 1.95. The predicted molar refractivity (Wildman–Crippen MR) is 39.5 cm³/mol. The van der Waals surface area contributed by atoms with Gasteiger partial charge in [0.05, 0.1) is 0 Å². The van der Waals surface area contributed by atoms with Crippen LogP contribution in [0.25, 0.3) is 0 Å². The molecule has 1 heterocycles. The van der Waals surface area contributed by atoms with Gasteiger partial charge in [-0.2, -0.15) is 0 Å². The maximum atomic E-state index is 3.20. The molecule has 0 aliphatic carbocycles. The monoisotopic (exact) mass is 128 g/mol. The lowest BCUT2D eigenvalue weighted by molar-refractivity contribution is 0.392. The lowest BCUT2D eigenvalue weighted by Gasteiger charge is -2.08. The van der Waals surface area contributed by atoms with Crippen LogP contribution >= 0.6 is 0 Å². The van der Waals surface area contributed by atoms with Crippen molar-refractivity contribution in [1.82, 2.24) is 10.2 Å². The molecule has 1 N–H and O–H groups in total. The van der Waals surface area contributed by atoms with Gasteiger partial charge in [-0.3, -0.25) is 0 Å². The molecular weight excluding hydrogens is 112 g/mol. The molecule has 0 radical (unpaired) electrons. The summed E-state index contributed by atoms with van der Waals surface area (Å²) in [6.07, 6.45) is 1.37. The summed E-state index contributed by atoms with van der Waals surface area (Å²) in [7, 11) is 4.22. The van der Waals surface area contributed by atoms with Gasteiger partial charge >= 0.3 is 0 Å². The third-order valence-corrected chi connectivity index (χ3v) is 1.98. The van der Waals surface area contributed by atoms with Gasteiger partial charge < -0.3 is 10.2 Å². The Hall–Kier alpha value is -0.0800. The van der Waals surface area contributed by atoms with Crippen LogP contribution < -0.4 is 5.32 Å². The normalized spacial score (nSPS) is 29.3. The predicted octanol–water partition coefficient (Wildman–Crippen LogP) is 0.157. The lowest BCUT2D eigenvalue weighted by Crippen LogP contribution is -2.21. The first-order chi connectivity index (χ1) is 4.33. The summed E-state index contributed by atoms with van der Waals surface area (Å²) in [6.45, 7) is 3.75. The Labute approximate surface area is 57.2 Å². The maximum absolute atomic E-state index is 3.20. The van der Waals surface area contributed by atoms with Crippen molar-refractivity contribution in [1.29, 1.82) is 0 Å². The molecule has 54 valence electrons. The van der Waals surface area contributed by atoms with E-state index in [9.17, 15) is 0 Å². The third-order valence-electron chi connectivity index (χ3n) is 1.98. The fraction of sp³-hybridized carbons (Fsp3) is 1.00. The van der Waals surface area contributed by atoms with Crippen LogP contribution in [0.1, 0.15) is 6.42 Å². The van der Waals surface area contributed by atoms with Gasteiger partial charge in [0.1, 0.15) is 0 Å². The second kappa shape index (κ2) is 3.18. The van der Waals surface area contributed by atoms with Crippen LogP contribution in [-0.2, 0) is 0 Å². The van der Waals surface area contributed by atoms with Crippen molar-refractivity contribution in [3.8, 4) is 0 Å². The number of nitrogens with zero attached hydrogens (tertiary/aromatic N) is 1. The molecule has 2 nitrogen and oxygen atoms in total. The number of hydrogen-bond donors (Lipinski definition) is 1. The largest absolute Gasteiger partial charge is 0.319 e. The molecule has 1 rings (SSSR count). The van der Waals surface area contributed by atoms with Gasteiger partial charge in [-0.1, -0.05) is 0 Å². The highest BCUT2D eigenvalue weighted by Gasteiger charge is 2.17. The van der Waals surface area contributed by atoms with Gasteiger partial charge in [0, 0.05) is 6.54 Å². The van der Waals surface area contributed by atoms with E-state index in [4.69, 9.17) is 0 Å². The zero-order valence-corrected chi connectivity index (χ0v) is 6.35. The van der Waals surface area contributed by atoms with Gasteiger partial charge in [-0.05, 0) is 39.5 Å². The molecule has 2 heteroatoms. The van der Waals surface area contributed by atoms with Crippen molar-refractivity contribution in [3.05, 3.63) is 0 Å². The van der Waals surface area contributed by atoms with E-state index >= 15 is 0 Å². The summed E-state index contributed by atoms with van der Waals surface area (Å²) in [4.78, 5) is 2.39. The Bertz CT molecular complexity index is 81.0. The van der Waals surface area contributed by atoms with Crippen molar-refractivity contribution in [2.45, 2.75) is 6.42 Å². The second-order valence-electron chi connectivity index (χ2n) is 2.97.